The van der Waals surface area contributed by atoms with Gasteiger partial charge >= 0.3 is 18.1 Å². The number of rotatable bonds is 4. The van der Waals surface area contributed by atoms with Crippen molar-refractivity contribution < 1.29 is 24.2 Å². The molecule has 0 aromatic heterocycles. The molecule has 0 saturated carbocycles. The summed E-state index contributed by atoms with van der Waals surface area (Å²) in [5.41, 5.74) is 1.15. The SMILES string of the molecule is CC(Cc1ccc(N2CC3CN(C(=O)OC(C)(C)C)CCN3C2=O)cc1)C(=O)O. The number of carbonyl (C=O) groups excluding carboxylic acids is 2. The summed E-state index contributed by atoms with van der Waals surface area (Å²) in [7, 11) is 0. The monoisotopic (exact) mass is 403 g/mol. The van der Waals surface area contributed by atoms with Gasteiger partial charge in [0.2, 0.25) is 0 Å². The average molecular weight is 403 g/mol. The fourth-order valence-corrected chi connectivity index (χ4v) is 3.67. The molecule has 3 rings (SSSR count). The van der Waals surface area contributed by atoms with Crippen LogP contribution in [0.2, 0.25) is 0 Å². The number of benzene rings is 1. The first-order valence-electron chi connectivity index (χ1n) is 9.93. The first-order valence-corrected chi connectivity index (χ1v) is 9.93. The molecule has 8 nitrogen and oxygen atoms in total. The zero-order chi connectivity index (χ0) is 21.3. The molecule has 0 aliphatic carbocycles. The lowest BCUT2D eigenvalue weighted by molar-refractivity contribution is -0.141. The van der Waals surface area contributed by atoms with Crippen LogP contribution in [-0.4, -0.2) is 70.8 Å². The topological polar surface area (TPSA) is 90.4 Å². The van der Waals surface area contributed by atoms with Gasteiger partial charge in [0.15, 0.2) is 0 Å². The van der Waals surface area contributed by atoms with Gasteiger partial charge in [-0.05, 0) is 44.9 Å². The molecular weight excluding hydrogens is 374 g/mol. The third-order valence-electron chi connectivity index (χ3n) is 5.22. The van der Waals surface area contributed by atoms with Crippen LogP contribution in [0.15, 0.2) is 24.3 Å². The molecule has 0 bridgehead atoms. The Morgan fingerprint density at radius 3 is 2.41 bits per heavy atom. The number of fused-ring (bicyclic) bond motifs is 1. The molecule has 2 aliphatic heterocycles. The minimum absolute atomic E-state index is 0.0644. The van der Waals surface area contributed by atoms with E-state index in [9.17, 15) is 14.4 Å². The molecule has 1 aromatic carbocycles. The van der Waals surface area contributed by atoms with Gasteiger partial charge in [0.05, 0.1) is 12.0 Å². The van der Waals surface area contributed by atoms with Crippen molar-refractivity contribution in [3.63, 3.8) is 0 Å². The number of ether oxygens (including phenoxy) is 1. The molecule has 2 fully saturated rings. The van der Waals surface area contributed by atoms with E-state index in [1.54, 1.807) is 21.6 Å². The molecule has 1 N–H and O–H groups in total. The number of aliphatic carboxylic acids is 1. The second-order valence-corrected chi connectivity index (χ2v) is 8.78. The van der Waals surface area contributed by atoms with Crippen molar-refractivity contribution in [2.75, 3.05) is 31.1 Å². The highest BCUT2D eigenvalue weighted by atomic mass is 16.6. The van der Waals surface area contributed by atoms with Crippen molar-refractivity contribution in [1.29, 1.82) is 0 Å². The number of urea groups is 1. The molecular formula is C21H29N3O5. The Kier molecular flexibility index (Phi) is 5.73. The second kappa shape index (κ2) is 7.93. The van der Waals surface area contributed by atoms with Gasteiger partial charge in [-0.3, -0.25) is 9.69 Å². The first kappa shape index (κ1) is 21.0. The molecule has 3 amide bonds. The highest BCUT2D eigenvalue weighted by Gasteiger charge is 2.42. The van der Waals surface area contributed by atoms with Gasteiger partial charge in [0, 0.05) is 31.9 Å². The summed E-state index contributed by atoms with van der Waals surface area (Å²) < 4.78 is 5.45. The van der Waals surface area contributed by atoms with E-state index in [0.717, 1.165) is 11.3 Å². The summed E-state index contributed by atoms with van der Waals surface area (Å²) in [5, 5.41) is 9.05. The maximum absolute atomic E-state index is 12.8. The highest BCUT2D eigenvalue weighted by Crippen LogP contribution is 2.27. The fraction of sp³-hybridized carbons (Fsp3) is 0.571. The van der Waals surface area contributed by atoms with Crippen molar-refractivity contribution in [3.05, 3.63) is 29.8 Å². The van der Waals surface area contributed by atoms with Gasteiger partial charge in [-0.2, -0.15) is 0 Å². The smallest absolute Gasteiger partial charge is 0.410 e. The molecule has 0 spiro atoms. The van der Waals surface area contributed by atoms with Crippen LogP contribution in [0.3, 0.4) is 0 Å². The Labute approximate surface area is 171 Å². The summed E-state index contributed by atoms with van der Waals surface area (Å²) in [5.74, 6) is -1.28. The molecule has 29 heavy (non-hydrogen) atoms. The number of carbonyl (C=O) groups is 3. The molecule has 8 heteroatoms. The van der Waals surface area contributed by atoms with Crippen LogP contribution in [0.25, 0.3) is 0 Å². The number of hydrogen-bond acceptors (Lipinski definition) is 4. The lowest BCUT2D eigenvalue weighted by Gasteiger charge is -2.36. The van der Waals surface area contributed by atoms with Crippen LogP contribution in [0, 0.1) is 5.92 Å². The lowest BCUT2D eigenvalue weighted by atomic mass is 10.0. The van der Waals surface area contributed by atoms with Crippen molar-refractivity contribution >= 4 is 23.8 Å². The number of piperazine rings is 1. The van der Waals surface area contributed by atoms with Crippen molar-refractivity contribution in [3.8, 4) is 0 Å². The van der Waals surface area contributed by atoms with E-state index in [2.05, 4.69) is 0 Å². The molecule has 158 valence electrons. The first-order chi connectivity index (χ1) is 13.5. The van der Waals surface area contributed by atoms with Crippen LogP contribution < -0.4 is 4.90 Å². The standard InChI is InChI=1S/C21H29N3O5/c1-14(18(25)26)11-15-5-7-16(8-6-15)24-13-17-12-22(9-10-23(17)19(24)27)20(28)29-21(2,3)4/h5-8,14,17H,9-13H2,1-4H3,(H,25,26). The number of carboxylic acids is 1. The molecule has 2 saturated heterocycles. The Balaban J connectivity index is 1.64. The van der Waals surface area contributed by atoms with Crippen LogP contribution in [0.4, 0.5) is 15.3 Å². The number of nitrogens with zero attached hydrogens (tertiary/aromatic N) is 3. The molecule has 0 radical (unpaired) electrons. The average Bonchev–Trinajstić information content (AvgIpc) is 2.97. The summed E-state index contributed by atoms with van der Waals surface area (Å²) in [6.45, 7) is 9.07. The number of amides is 3. The molecule has 1 aromatic rings. The van der Waals surface area contributed by atoms with Gasteiger partial charge in [-0.1, -0.05) is 19.1 Å². The Bertz CT molecular complexity index is 787. The molecule has 2 unspecified atom stereocenters. The predicted molar refractivity (Wildman–Crippen MR) is 108 cm³/mol. The Morgan fingerprint density at radius 2 is 1.83 bits per heavy atom. The quantitative estimate of drug-likeness (QED) is 0.835. The van der Waals surface area contributed by atoms with Crippen molar-refractivity contribution in [1.82, 2.24) is 9.80 Å². The Morgan fingerprint density at radius 1 is 1.17 bits per heavy atom. The molecule has 2 atom stereocenters. The minimum atomic E-state index is -0.824. The van der Waals surface area contributed by atoms with Crippen LogP contribution in [0.5, 0.6) is 0 Å². The van der Waals surface area contributed by atoms with Crippen LogP contribution >= 0.6 is 0 Å². The maximum Gasteiger partial charge on any atom is 0.410 e. The number of carboxylic acid groups (broad SMARTS) is 1. The maximum atomic E-state index is 12.8. The molecule has 2 aliphatic rings. The normalized spacial score (nSPS) is 20.5. The van der Waals surface area contributed by atoms with E-state index in [1.807, 2.05) is 45.0 Å². The van der Waals surface area contributed by atoms with Crippen molar-refractivity contribution in [2.24, 2.45) is 5.92 Å². The summed E-state index contributed by atoms with van der Waals surface area (Å²) in [4.78, 5) is 41.4. The number of anilines is 1. The van der Waals surface area contributed by atoms with Gasteiger partial charge in [-0.25, -0.2) is 9.59 Å². The van der Waals surface area contributed by atoms with E-state index >= 15 is 0 Å². The minimum Gasteiger partial charge on any atom is -0.481 e. The summed E-state index contributed by atoms with van der Waals surface area (Å²) in [6.07, 6.45) is 0.100. The molecule has 2 heterocycles. The summed E-state index contributed by atoms with van der Waals surface area (Å²) in [6, 6.07) is 7.30. The van der Waals surface area contributed by atoms with Crippen LogP contribution in [0.1, 0.15) is 33.3 Å². The Hall–Kier alpha value is -2.77. The second-order valence-electron chi connectivity index (χ2n) is 8.78. The van der Waals surface area contributed by atoms with Crippen LogP contribution in [-0.2, 0) is 16.0 Å². The van der Waals surface area contributed by atoms with Gasteiger partial charge < -0.3 is 19.6 Å². The third kappa shape index (κ3) is 4.81. The largest absolute Gasteiger partial charge is 0.481 e. The summed E-state index contributed by atoms with van der Waals surface area (Å²) >= 11 is 0. The van der Waals surface area contributed by atoms with E-state index in [4.69, 9.17) is 9.84 Å². The zero-order valence-corrected chi connectivity index (χ0v) is 17.4. The van der Waals surface area contributed by atoms with E-state index in [-0.39, 0.29) is 18.2 Å². The fourth-order valence-electron chi connectivity index (χ4n) is 3.67. The zero-order valence-electron chi connectivity index (χ0n) is 17.4. The highest BCUT2D eigenvalue weighted by molar-refractivity contribution is 5.95. The van der Waals surface area contributed by atoms with Crippen molar-refractivity contribution in [2.45, 2.75) is 45.8 Å². The van der Waals surface area contributed by atoms with E-state index in [1.165, 1.54) is 0 Å². The van der Waals surface area contributed by atoms with Gasteiger partial charge in [0.25, 0.3) is 0 Å². The lowest BCUT2D eigenvalue weighted by Crippen LogP contribution is -2.54. The van der Waals surface area contributed by atoms with E-state index in [0.29, 0.717) is 32.6 Å². The van der Waals surface area contributed by atoms with Gasteiger partial charge in [0.1, 0.15) is 5.60 Å². The van der Waals surface area contributed by atoms with Gasteiger partial charge in [-0.15, -0.1) is 0 Å². The predicted octanol–water partition coefficient (Wildman–Crippen LogP) is 2.81. The number of hydrogen-bond donors (Lipinski definition) is 1. The van der Waals surface area contributed by atoms with E-state index < -0.39 is 17.5 Å². The third-order valence-corrected chi connectivity index (χ3v) is 5.22.